The molecule has 0 amide bonds. The van der Waals surface area contributed by atoms with E-state index in [1.54, 1.807) is 6.07 Å². The van der Waals surface area contributed by atoms with Gasteiger partial charge in [-0.25, -0.2) is 0 Å². The van der Waals surface area contributed by atoms with E-state index >= 15 is 0 Å². The van der Waals surface area contributed by atoms with E-state index in [1.165, 1.54) is 5.56 Å². The van der Waals surface area contributed by atoms with Crippen LogP contribution in [0.15, 0.2) is 35.2 Å². The molecule has 2 rings (SSSR count). The Morgan fingerprint density at radius 1 is 0.950 bits per heavy atom. The Morgan fingerprint density at radius 2 is 1.65 bits per heavy atom. The third kappa shape index (κ3) is 3.19. The van der Waals surface area contributed by atoms with Gasteiger partial charge in [0.05, 0.1) is 4.90 Å². The van der Waals surface area contributed by atoms with Crippen molar-refractivity contribution in [2.75, 3.05) is 0 Å². The first-order chi connectivity index (χ1) is 9.45. The molecule has 0 saturated heterocycles. The summed E-state index contributed by atoms with van der Waals surface area (Å²) in [5, 5.41) is 1.88. The van der Waals surface area contributed by atoms with Crippen LogP contribution in [0, 0.1) is 0 Å². The average molecular weight is 292 g/mol. The van der Waals surface area contributed by atoms with Crippen molar-refractivity contribution in [1.29, 1.82) is 0 Å². The zero-order valence-corrected chi connectivity index (χ0v) is 12.7. The number of hydrogen-bond acceptors (Lipinski definition) is 2. The summed E-state index contributed by atoms with van der Waals surface area (Å²) in [5.41, 5.74) is 1.94. The first kappa shape index (κ1) is 15.0. The average Bonchev–Trinajstić information content (AvgIpc) is 2.37. The lowest BCUT2D eigenvalue weighted by molar-refractivity contribution is 0.482. The lowest BCUT2D eigenvalue weighted by Crippen LogP contribution is -2.03. The predicted molar refractivity (Wildman–Crippen MR) is 81.8 cm³/mol. The van der Waals surface area contributed by atoms with E-state index in [2.05, 4.69) is 13.0 Å². The van der Waals surface area contributed by atoms with E-state index < -0.39 is 10.1 Å². The Balaban J connectivity index is 2.64. The predicted octanol–water partition coefficient (Wildman–Crippen LogP) is 3.99. The van der Waals surface area contributed by atoms with E-state index in [1.807, 2.05) is 25.1 Å². The normalized spacial score (nSPS) is 11.9. The smallest absolute Gasteiger partial charge is 0.282 e. The number of hydrogen-bond donors (Lipinski definition) is 1. The van der Waals surface area contributed by atoms with Gasteiger partial charge in [0.15, 0.2) is 0 Å². The van der Waals surface area contributed by atoms with Gasteiger partial charge in [-0.2, -0.15) is 8.42 Å². The molecule has 0 aliphatic carbocycles. The lowest BCUT2D eigenvalue weighted by Gasteiger charge is -2.10. The van der Waals surface area contributed by atoms with Crippen LogP contribution < -0.4 is 0 Å². The molecule has 3 nitrogen and oxygen atoms in total. The summed E-state index contributed by atoms with van der Waals surface area (Å²) in [5.74, 6) is 0. The van der Waals surface area contributed by atoms with Crippen molar-refractivity contribution in [3.63, 3.8) is 0 Å². The van der Waals surface area contributed by atoms with E-state index in [4.69, 9.17) is 0 Å². The van der Waals surface area contributed by atoms with Crippen LogP contribution in [0.25, 0.3) is 10.8 Å². The van der Waals surface area contributed by atoms with Crippen molar-refractivity contribution < 1.29 is 13.0 Å². The molecule has 0 radical (unpaired) electrons. The third-order valence-corrected chi connectivity index (χ3v) is 4.36. The minimum Gasteiger partial charge on any atom is -0.282 e. The molecule has 0 spiro atoms. The standard InChI is InChI=1S/C16H20O3S/c1-3-5-12-7-8-13-11-16(20(17,18)19)14(6-4-2)10-15(13)9-12/h7-11H,3-6H2,1-2H3,(H,17,18,19). The van der Waals surface area contributed by atoms with Crippen LogP contribution in [0.2, 0.25) is 0 Å². The minimum absolute atomic E-state index is 0.0371. The van der Waals surface area contributed by atoms with Crippen LogP contribution in [0.1, 0.15) is 37.8 Å². The number of fused-ring (bicyclic) bond motifs is 1. The molecule has 0 aliphatic rings. The minimum atomic E-state index is -4.17. The highest BCUT2D eigenvalue weighted by Crippen LogP contribution is 2.26. The largest absolute Gasteiger partial charge is 0.294 e. The van der Waals surface area contributed by atoms with Gasteiger partial charge in [0.25, 0.3) is 10.1 Å². The van der Waals surface area contributed by atoms with Gasteiger partial charge in [0.1, 0.15) is 0 Å². The van der Waals surface area contributed by atoms with Crippen molar-refractivity contribution in [3.8, 4) is 0 Å². The topological polar surface area (TPSA) is 54.4 Å². The van der Waals surface area contributed by atoms with Crippen molar-refractivity contribution in [3.05, 3.63) is 41.5 Å². The van der Waals surface area contributed by atoms with Gasteiger partial charge in [-0.15, -0.1) is 0 Å². The number of benzene rings is 2. The molecular formula is C16H20O3S. The molecule has 0 aliphatic heterocycles. The fourth-order valence-corrected chi connectivity index (χ4v) is 3.29. The Labute approximate surface area is 120 Å². The van der Waals surface area contributed by atoms with Crippen LogP contribution >= 0.6 is 0 Å². The molecular weight excluding hydrogens is 272 g/mol. The van der Waals surface area contributed by atoms with Crippen molar-refractivity contribution in [1.82, 2.24) is 0 Å². The second-order valence-corrected chi connectivity index (χ2v) is 6.51. The Hall–Kier alpha value is -1.39. The summed E-state index contributed by atoms with van der Waals surface area (Å²) in [7, 11) is -4.17. The molecule has 0 atom stereocenters. The monoisotopic (exact) mass is 292 g/mol. The Bertz CT molecular complexity index is 718. The maximum absolute atomic E-state index is 11.5. The Morgan fingerprint density at radius 3 is 2.25 bits per heavy atom. The lowest BCUT2D eigenvalue weighted by atomic mass is 10.0. The van der Waals surface area contributed by atoms with Gasteiger partial charge in [-0.05, 0) is 46.9 Å². The van der Waals surface area contributed by atoms with Gasteiger partial charge in [-0.3, -0.25) is 4.55 Å². The molecule has 20 heavy (non-hydrogen) atoms. The zero-order valence-electron chi connectivity index (χ0n) is 11.9. The van der Waals surface area contributed by atoms with Gasteiger partial charge in [0, 0.05) is 0 Å². The van der Waals surface area contributed by atoms with E-state index in [0.717, 1.165) is 30.0 Å². The van der Waals surface area contributed by atoms with Gasteiger partial charge < -0.3 is 0 Å². The van der Waals surface area contributed by atoms with Crippen molar-refractivity contribution in [2.45, 2.75) is 44.4 Å². The van der Waals surface area contributed by atoms with Crippen molar-refractivity contribution >= 4 is 20.9 Å². The summed E-state index contributed by atoms with van der Waals surface area (Å²) >= 11 is 0. The summed E-state index contributed by atoms with van der Waals surface area (Å²) in [4.78, 5) is 0.0371. The van der Waals surface area contributed by atoms with Crippen LogP contribution in [-0.2, 0) is 23.0 Å². The summed E-state index contributed by atoms with van der Waals surface area (Å²) in [6, 6.07) is 9.50. The molecule has 0 aromatic heterocycles. The van der Waals surface area contributed by atoms with E-state index in [9.17, 15) is 13.0 Å². The maximum atomic E-state index is 11.5. The molecule has 4 heteroatoms. The second kappa shape index (κ2) is 5.94. The second-order valence-electron chi connectivity index (χ2n) is 5.12. The highest BCUT2D eigenvalue weighted by molar-refractivity contribution is 7.85. The highest BCUT2D eigenvalue weighted by Gasteiger charge is 2.16. The van der Waals surface area contributed by atoms with Crippen LogP contribution in [0.3, 0.4) is 0 Å². The van der Waals surface area contributed by atoms with Crippen LogP contribution in [0.4, 0.5) is 0 Å². The van der Waals surface area contributed by atoms with Crippen LogP contribution in [0.5, 0.6) is 0 Å². The molecule has 0 saturated carbocycles. The SMILES string of the molecule is CCCc1ccc2cc(S(=O)(=O)O)c(CCC)cc2c1. The summed E-state index contributed by atoms with van der Waals surface area (Å²) < 4.78 is 32.4. The molecule has 108 valence electrons. The number of rotatable bonds is 5. The van der Waals surface area contributed by atoms with E-state index in [-0.39, 0.29) is 4.90 Å². The van der Waals surface area contributed by atoms with Gasteiger partial charge >= 0.3 is 0 Å². The molecule has 2 aromatic carbocycles. The summed E-state index contributed by atoms with van der Waals surface area (Å²) in [6.45, 7) is 4.12. The first-order valence-corrected chi connectivity index (χ1v) is 8.42. The molecule has 0 unspecified atom stereocenters. The first-order valence-electron chi connectivity index (χ1n) is 6.98. The maximum Gasteiger partial charge on any atom is 0.294 e. The molecule has 0 heterocycles. The van der Waals surface area contributed by atoms with E-state index in [0.29, 0.717) is 12.0 Å². The molecule has 2 aromatic rings. The van der Waals surface area contributed by atoms with Crippen molar-refractivity contribution in [2.24, 2.45) is 0 Å². The zero-order chi connectivity index (χ0) is 14.8. The molecule has 0 bridgehead atoms. The highest BCUT2D eigenvalue weighted by atomic mass is 32.2. The fourth-order valence-electron chi connectivity index (χ4n) is 2.52. The van der Waals surface area contributed by atoms with Gasteiger partial charge in [0.2, 0.25) is 0 Å². The molecule has 1 N–H and O–H groups in total. The number of aryl methyl sites for hydroxylation is 2. The van der Waals surface area contributed by atoms with Crippen LogP contribution in [-0.4, -0.2) is 13.0 Å². The fraction of sp³-hybridized carbons (Fsp3) is 0.375. The quantitative estimate of drug-likeness (QED) is 0.848. The summed E-state index contributed by atoms with van der Waals surface area (Å²) in [6.07, 6.45) is 3.57. The molecule has 0 fully saturated rings. The third-order valence-electron chi connectivity index (χ3n) is 3.42. The van der Waals surface area contributed by atoms with Gasteiger partial charge in [-0.1, -0.05) is 44.9 Å². The Kier molecular flexibility index (Phi) is 4.45.